The number of hydrogen-bond acceptors (Lipinski definition) is 9. The molecule has 2 N–H and O–H groups in total. The lowest BCUT2D eigenvalue weighted by Gasteiger charge is -2.36. The number of para-hydroxylation sites is 1. The second kappa shape index (κ2) is 12.5. The van der Waals surface area contributed by atoms with Crippen LogP contribution in [0.15, 0.2) is 36.4 Å². The summed E-state index contributed by atoms with van der Waals surface area (Å²) in [6, 6.07) is 10.5. The van der Waals surface area contributed by atoms with Gasteiger partial charge in [0.1, 0.15) is 12.4 Å². The fourth-order valence-corrected chi connectivity index (χ4v) is 6.20. The molecule has 0 saturated carbocycles. The lowest BCUT2D eigenvalue weighted by Crippen LogP contribution is -2.42. The van der Waals surface area contributed by atoms with E-state index in [1.54, 1.807) is 12.1 Å². The molecule has 10 heteroatoms. The third kappa shape index (κ3) is 5.65. The van der Waals surface area contributed by atoms with Crippen LogP contribution in [0, 0.1) is 11.8 Å². The van der Waals surface area contributed by atoms with Gasteiger partial charge in [0, 0.05) is 17.4 Å². The molecule has 37 heavy (non-hydrogen) atoms. The van der Waals surface area contributed by atoms with E-state index in [2.05, 4.69) is 11.8 Å². The van der Waals surface area contributed by atoms with E-state index < -0.39 is 26.8 Å². The minimum atomic E-state index is -3.96. The molecule has 0 aliphatic carbocycles. The van der Waals surface area contributed by atoms with Crippen molar-refractivity contribution in [3.8, 4) is 34.8 Å². The summed E-state index contributed by atoms with van der Waals surface area (Å²) >= 11 is 0. The minimum Gasteiger partial charge on any atom is -0.493 e. The average Bonchev–Trinajstić information content (AvgIpc) is 3.29. The second-order valence-electron chi connectivity index (χ2n) is 8.44. The van der Waals surface area contributed by atoms with Crippen LogP contribution in [0.25, 0.3) is 0 Å². The van der Waals surface area contributed by atoms with Gasteiger partial charge in [-0.15, -0.1) is 0 Å². The van der Waals surface area contributed by atoms with Gasteiger partial charge in [-0.3, -0.25) is 0 Å². The molecule has 1 aliphatic heterocycles. The molecule has 3 atom stereocenters. The first-order chi connectivity index (χ1) is 17.8. The van der Waals surface area contributed by atoms with E-state index in [9.17, 15) is 8.42 Å². The predicted molar refractivity (Wildman–Crippen MR) is 140 cm³/mol. The molecule has 3 rings (SSSR count). The molecule has 0 radical (unpaired) electrons. The first-order valence-corrected chi connectivity index (χ1v) is 13.8. The highest BCUT2D eigenvalue weighted by Crippen LogP contribution is 2.55. The monoisotopic (exact) mass is 533 g/mol. The van der Waals surface area contributed by atoms with Crippen LogP contribution in [0.4, 0.5) is 0 Å². The third-order valence-electron chi connectivity index (χ3n) is 6.17. The zero-order valence-corrected chi connectivity index (χ0v) is 22.7. The first-order valence-electron chi connectivity index (χ1n) is 11.9. The summed E-state index contributed by atoms with van der Waals surface area (Å²) in [4.78, 5) is -1.85. The topological polar surface area (TPSA) is 116 Å². The summed E-state index contributed by atoms with van der Waals surface area (Å²) in [6.45, 7) is 2.73. The van der Waals surface area contributed by atoms with Crippen LogP contribution in [-0.2, 0) is 24.2 Å². The lowest BCUT2D eigenvalue weighted by molar-refractivity contribution is 0.0414. The SMILES string of the molecule is CCCOc1ccccc1C1C(OCC#CCN)COC1(c1cc(OC)c(OC)c(OC)c1)S(C)(=O)=O. The maximum absolute atomic E-state index is 13.8. The maximum atomic E-state index is 13.8. The fraction of sp³-hybridized carbons (Fsp3) is 0.481. The highest BCUT2D eigenvalue weighted by Gasteiger charge is 2.60. The first kappa shape index (κ1) is 28.6. The number of rotatable bonds is 11. The summed E-state index contributed by atoms with van der Waals surface area (Å²) in [5.41, 5.74) is 6.44. The largest absolute Gasteiger partial charge is 0.493 e. The molecular weight excluding hydrogens is 498 g/mol. The van der Waals surface area contributed by atoms with Gasteiger partial charge in [0.25, 0.3) is 0 Å². The van der Waals surface area contributed by atoms with E-state index in [0.29, 0.717) is 40.7 Å². The van der Waals surface area contributed by atoms with Gasteiger partial charge in [-0.1, -0.05) is 37.0 Å². The molecule has 0 aromatic heterocycles. The van der Waals surface area contributed by atoms with Crippen LogP contribution in [0.1, 0.15) is 30.4 Å². The molecule has 1 heterocycles. The van der Waals surface area contributed by atoms with Crippen molar-refractivity contribution in [2.75, 3.05) is 54.0 Å². The number of ether oxygens (including phenoxy) is 6. The van der Waals surface area contributed by atoms with Gasteiger partial charge in [0.05, 0.1) is 53.1 Å². The zero-order valence-electron chi connectivity index (χ0n) is 21.9. The van der Waals surface area contributed by atoms with E-state index in [4.69, 9.17) is 34.2 Å². The highest BCUT2D eigenvalue weighted by atomic mass is 32.2. The summed E-state index contributed by atoms with van der Waals surface area (Å²) < 4.78 is 62.4. The van der Waals surface area contributed by atoms with Crippen molar-refractivity contribution in [2.24, 2.45) is 5.73 Å². The smallest absolute Gasteiger partial charge is 0.203 e. The Kier molecular flexibility index (Phi) is 9.68. The van der Waals surface area contributed by atoms with Gasteiger partial charge in [-0.2, -0.15) is 0 Å². The van der Waals surface area contributed by atoms with E-state index in [1.807, 2.05) is 31.2 Å². The Balaban J connectivity index is 2.31. The molecule has 9 nitrogen and oxygen atoms in total. The van der Waals surface area contributed by atoms with Crippen molar-refractivity contribution in [3.63, 3.8) is 0 Å². The minimum absolute atomic E-state index is 0.000807. The molecule has 0 bridgehead atoms. The van der Waals surface area contributed by atoms with Crippen molar-refractivity contribution < 1.29 is 36.8 Å². The molecule has 2 aromatic carbocycles. The van der Waals surface area contributed by atoms with Crippen LogP contribution in [0.2, 0.25) is 0 Å². The molecule has 202 valence electrons. The number of methoxy groups -OCH3 is 3. The zero-order chi connectivity index (χ0) is 27.1. The molecule has 2 aromatic rings. The Morgan fingerprint density at radius 2 is 1.73 bits per heavy atom. The van der Waals surface area contributed by atoms with Crippen LogP contribution >= 0.6 is 0 Å². The summed E-state index contributed by atoms with van der Waals surface area (Å²) in [5.74, 6) is 6.30. The van der Waals surface area contributed by atoms with Crippen LogP contribution in [0.5, 0.6) is 23.0 Å². The molecule has 1 saturated heterocycles. The van der Waals surface area contributed by atoms with Gasteiger partial charge in [-0.05, 0) is 24.6 Å². The molecule has 0 amide bonds. The van der Waals surface area contributed by atoms with E-state index >= 15 is 0 Å². The molecular formula is C27H35NO8S. The quantitative estimate of drug-likeness (QED) is 0.435. The van der Waals surface area contributed by atoms with Crippen molar-refractivity contribution in [1.82, 2.24) is 0 Å². The summed E-state index contributed by atoms with van der Waals surface area (Å²) in [5, 5.41) is 0. The average molecular weight is 534 g/mol. The number of sulfone groups is 1. The Morgan fingerprint density at radius 3 is 2.30 bits per heavy atom. The maximum Gasteiger partial charge on any atom is 0.203 e. The lowest BCUT2D eigenvalue weighted by atomic mass is 9.85. The van der Waals surface area contributed by atoms with Crippen molar-refractivity contribution in [3.05, 3.63) is 47.5 Å². The van der Waals surface area contributed by atoms with E-state index in [0.717, 1.165) is 12.7 Å². The Labute approximate surface area is 219 Å². The van der Waals surface area contributed by atoms with Gasteiger partial charge in [0.2, 0.25) is 10.7 Å². The Bertz CT molecular complexity index is 1210. The van der Waals surface area contributed by atoms with Crippen molar-refractivity contribution in [1.29, 1.82) is 0 Å². The van der Waals surface area contributed by atoms with E-state index in [1.165, 1.54) is 21.3 Å². The normalized spacial score (nSPS) is 21.1. The van der Waals surface area contributed by atoms with E-state index in [-0.39, 0.29) is 19.8 Å². The van der Waals surface area contributed by atoms with Gasteiger partial charge in [0.15, 0.2) is 21.3 Å². The summed E-state index contributed by atoms with van der Waals surface area (Å²) in [7, 11) is 0.464. The van der Waals surface area contributed by atoms with Gasteiger partial charge in [-0.25, -0.2) is 8.42 Å². The molecule has 1 fully saturated rings. The summed E-state index contributed by atoms with van der Waals surface area (Å²) in [6.07, 6.45) is 1.27. The van der Waals surface area contributed by atoms with Crippen LogP contribution in [0.3, 0.4) is 0 Å². The third-order valence-corrected chi connectivity index (χ3v) is 7.88. The number of hydrogen-bond donors (Lipinski definition) is 1. The predicted octanol–water partition coefficient (Wildman–Crippen LogP) is 2.86. The number of benzene rings is 2. The Morgan fingerprint density at radius 1 is 1.05 bits per heavy atom. The molecule has 0 spiro atoms. The van der Waals surface area contributed by atoms with Crippen molar-refractivity contribution >= 4 is 9.84 Å². The standard InChI is InChI=1S/C27H35NO8S/c1-6-14-34-21-12-8-7-11-20(21)25-24(35-15-10-9-13-28)18-36-27(25,37(5,29)30)19-16-22(31-2)26(33-4)23(17-19)32-3/h7-8,11-12,16-17,24-25H,6,13-15,18,28H2,1-5H3. The fourth-order valence-electron chi connectivity index (χ4n) is 4.64. The second-order valence-corrected chi connectivity index (χ2v) is 10.6. The van der Waals surface area contributed by atoms with Gasteiger partial charge >= 0.3 is 0 Å². The highest BCUT2D eigenvalue weighted by molar-refractivity contribution is 7.91. The van der Waals surface area contributed by atoms with Crippen LogP contribution in [-0.4, -0.2) is 68.5 Å². The molecule has 3 unspecified atom stereocenters. The van der Waals surface area contributed by atoms with Gasteiger partial charge < -0.3 is 34.2 Å². The molecule has 1 aliphatic rings. The van der Waals surface area contributed by atoms with Crippen molar-refractivity contribution in [2.45, 2.75) is 30.3 Å². The Hall–Kier alpha value is -2.97. The van der Waals surface area contributed by atoms with Crippen LogP contribution < -0.4 is 24.7 Å². The number of nitrogens with two attached hydrogens (primary N) is 1.